The molecule has 3 fully saturated rings. The first-order chi connectivity index (χ1) is 25.6. The number of ether oxygens (including phenoxy) is 3. The molecule has 2 saturated heterocycles. The maximum absolute atomic E-state index is 11.9. The quantitative estimate of drug-likeness (QED) is 0.164. The van der Waals surface area contributed by atoms with Crippen molar-refractivity contribution in [3.8, 4) is 40.0 Å². The number of ketones is 1. The van der Waals surface area contributed by atoms with Gasteiger partial charge < -0.3 is 19.3 Å². The van der Waals surface area contributed by atoms with Gasteiger partial charge in [0.2, 0.25) is 17.6 Å². The SMILES string of the molecule is COc1nc(-c2cccc(-c3cccc4c3CC[C@@H]4Oc3nc(OC)c(CN4CC[C@H](C(=O)O)C4)cc3Cl)c2Cl)ccc1CN1CC2(CCC(=O)C2)C1. The number of rotatable bonds is 11. The molecule has 1 spiro atoms. The Morgan fingerprint density at radius 2 is 1.62 bits per heavy atom. The number of aromatic nitrogens is 2. The van der Waals surface area contributed by atoms with Gasteiger partial charge in [-0.15, -0.1) is 0 Å². The smallest absolute Gasteiger partial charge is 0.307 e. The largest absolute Gasteiger partial charge is 0.481 e. The van der Waals surface area contributed by atoms with Crippen molar-refractivity contribution in [3.63, 3.8) is 0 Å². The Kier molecular flexibility index (Phi) is 9.82. The number of likely N-dealkylation sites (tertiary alicyclic amines) is 2. The predicted octanol–water partition coefficient (Wildman–Crippen LogP) is 7.66. The van der Waals surface area contributed by atoms with Gasteiger partial charge in [-0.1, -0.05) is 65.7 Å². The number of carboxylic acid groups (broad SMARTS) is 1. The van der Waals surface area contributed by atoms with Crippen LogP contribution in [0.1, 0.15) is 60.5 Å². The minimum absolute atomic E-state index is 0.170. The summed E-state index contributed by atoms with van der Waals surface area (Å²) in [6.07, 6.45) is 4.29. The summed E-state index contributed by atoms with van der Waals surface area (Å²) in [4.78, 5) is 37.3. The zero-order chi connectivity index (χ0) is 36.9. The Morgan fingerprint density at radius 3 is 2.36 bits per heavy atom. The number of pyridine rings is 2. The molecule has 2 aromatic carbocycles. The van der Waals surface area contributed by atoms with Gasteiger partial charge in [-0.25, -0.2) is 4.98 Å². The van der Waals surface area contributed by atoms with Crippen molar-refractivity contribution < 1.29 is 28.9 Å². The lowest BCUT2D eigenvalue weighted by Crippen LogP contribution is -2.54. The summed E-state index contributed by atoms with van der Waals surface area (Å²) in [7, 11) is 3.21. The fourth-order valence-corrected chi connectivity index (χ4v) is 9.33. The highest BCUT2D eigenvalue weighted by atomic mass is 35.5. The number of Topliss-reactive ketones (excluding diaryl/α,β-unsaturated/α-hetero) is 1. The number of nitrogens with zero attached hydrogens (tertiary/aromatic N) is 4. The molecule has 2 aromatic heterocycles. The van der Waals surface area contributed by atoms with E-state index in [0.29, 0.717) is 72.4 Å². The predicted molar refractivity (Wildman–Crippen MR) is 202 cm³/mol. The van der Waals surface area contributed by atoms with E-state index in [9.17, 15) is 14.7 Å². The Morgan fingerprint density at radius 1 is 0.887 bits per heavy atom. The number of carbonyl (C=O) groups is 2. The van der Waals surface area contributed by atoms with E-state index >= 15 is 0 Å². The third-order valence-electron chi connectivity index (χ3n) is 11.4. The highest BCUT2D eigenvalue weighted by molar-refractivity contribution is 6.36. The van der Waals surface area contributed by atoms with Crippen molar-refractivity contribution in [2.24, 2.45) is 11.3 Å². The van der Waals surface area contributed by atoms with E-state index in [0.717, 1.165) is 83.5 Å². The van der Waals surface area contributed by atoms with Crippen molar-refractivity contribution in [1.82, 2.24) is 19.8 Å². The first-order valence-corrected chi connectivity index (χ1v) is 18.9. The lowest BCUT2D eigenvalue weighted by molar-refractivity contribution is -0.141. The molecule has 4 heterocycles. The van der Waals surface area contributed by atoms with Crippen molar-refractivity contribution >= 4 is 35.0 Å². The topological polar surface area (TPSA) is 114 Å². The first kappa shape index (κ1) is 35.8. The third-order valence-corrected chi connectivity index (χ3v) is 12.1. The minimum Gasteiger partial charge on any atom is -0.481 e. The minimum atomic E-state index is -0.770. The second kappa shape index (κ2) is 14.5. The standard InChI is InChI=1S/C41H42Cl2N4O6/c1-51-37-24(19-47-22-41(23-47)15-13-27(48)18-41)9-11-34(44-37)32-8-4-7-31(36(32)43)28-5-3-6-30-29(28)10-12-35(30)53-39-33(42)17-26(38(45-39)52-2)21-46-16-14-25(20-46)40(49)50/h3-9,11,17,25,35H,10,12-16,18-23H2,1-2H3,(H,49,50)/t25-,35-/m0/s1. The molecule has 0 bridgehead atoms. The monoisotopic (exact) mass is 756 g/mol. The van der Waals surface area contributed by atoms with Gasteiger partial charge in [-0.2, -0.15) is 4.98 Å². The number of hydrogen-bond acceptors (Lipinski definition) is 9. The molecular weight excluding hydrogens is 715 g/mol. The molecule has 2 aliphatic carbocycles. The Balaban J connectivity index is 0.998. The molecule has 1 saturated carbocycles. The van der Waals surface area contributed by atoms with E-state index in [1.165, 1.54) is 0 Å². The number of benzene rings is 2. The second-order valence-corrected chi connectivity index (χ2v) is 15.7. The summed E-state index contributed by atoms with van der Waals surface area (Å²) in [6, 6.07) is 18.1. The van der Waals surface area contributed by atoms with Gasteiger partial charge in [0.1, 0.15) is 16.9 Å². The number of hydrogen-bond donors (Lipinski definition) is 1. The average Bonchev–Trinajstić information content (AvgIpc) is 3.89. The lowest BCUT2D eigenvalue weighted by atomic mass is 9.78. The molecule has 4 aromatic rings. The van der Waals surface area contributed by atoms with Crippen LogP contribution in [0.5, 0.6) is 17.6 Å². The summed E-state index contributed by atoms with van der Waals surface area (Å²) in [6.45, 7) is 4.25. The molecule has 2 atom stereocenters. The molecule has 276 valence electrons. The molecule has 12 heteroatoms. The van der Waals surface area contributed by atoms with Crippen molar-refractivity contribution in [1.29, 1.82) is 0 Å². The third kappa shape index (κ3) is 6.98. The molecular formula is C41H42Cl2N4O6. The second-order valence-electron chi connectivity index (χ2n) is 14.9. The van der Waals surface area contributed by atoms with Gasteiger partial charge in [0.05, 0.1) is 30.9 Å². The van der Waals surface area contributed by atoms with Crippen LogP contribution in [0.3, 0.4) is 0 Å². The Labute approximate surface area is 319 Å². The van der Waals surface area contributed by atoms with E-state index in [2.05, 4.69) is 33.0 Å². The summed E-state index contributed by atoms with van der Waals surface area (Å²) in [5.41, 5.74) is 7.69. The van der Waals surface area contributed by atoms with E-state index in [1.807, 2.05) is 36.4 Å². The maximum atomic E-state index is 11.9. The molecule has 53 heavy (non-hydrogen) atoms. The molecule has 2 aliphatic heterocycles. The van der Waals surface area contributed by atoms with Gasteiger partial charge >= 0.3 is 5.97 Å². The van der Waals surface area contributed by atoms with Gasteiger partial charge in [0.25, 0.3) is 0 Å². The number of carboxylic acids is 1. The van der Waals surface area contributed by atoms with E-state index in [-0.39, 0.29) is 17.4 Å². The van der Waals surface area contributed by atoms with E-state index in [1.54, 1.807) is 14.2 Å². The van der Waals surface area contributed by atoms with Crippen LogP contribution >= 0.6 is 23.2 Å². The van der Waals surface area contributed by atoms with Crippen LogP contribution < -0.4 is 14.2 Å². The summed E-state index contributed by atoms with van der Waals surface area (Å²) in [5, 5.41) is 10.4. The highest BCUT2D eigenvalue weighted by Gasteiger charge is 2.47. The molecule has 0 amide bonds. The number of methoxy groups -OCH3 is 2. The summed E-state index contributed by atoms with van der Waals surface area (Å²) < 4.78 is 17.9. The Hall–Kier alpha value is -4.22. The maximum Gasteiger partial charge on any atom is 0.307 e. The van der Waals surface area contributed by atoms with E-state index < -0.39 is 5.97 Å². The normalized spacial score (nSPS) is 20.8. The fraction of sp³-hybridized carbons (Fsp3) is 0.415. The van der Waals surface area contributed by atoms with E-state index in [4.69, 9.17) is 42.4 Å². The highest BCUT2D eigenvalue weighted by Crippen LogP contribution is 2.46. The van der Waals surface area contributed by atoms with Crippen molar-refractivity contribution in [2.75, 3.05) is 40.4 Å². The molecule has 0 radical (unpaired) electrons. The van der Waals surface area contributed by atoms with Crippen LogP contribution in [-0.2, 0) is 29.1 Å². The summed E-state index contributed by atoms with van der Waals surface area (Å²) in [5.74, 6) is 0.531. The van der Waals surface area contributed by atoms with Gasteiger partial charge in [-0.3, -0.25) is 19.4 Å². The lowest BCUT2D eigenvalue weighted by Gasteiger charge is -2.48. The fourth-order valence-electron chi connectivity index (χ4n) is 8.79. The number of carbonyl (C=O) groups excluding carboxylic acids is 1. The number of fused-ring (bicyclic) bond motifs is 1. The van der Waals surface area contributed by atoms with Gasteiger partial charge in [0.15, 0.2) is 0 Å². The van der Waals surface area contributed by atoms with Crippen LogP contribution in [0.4, 0.5) is 0 Å². The van der Waals surface area contributed by atoms with Crippen LogP contribution in [0.25, 0.3) is 22.4 Å². The Bertz CT molecular complexity index is 2090. The number of aliphatic carboxylic acids is 1. The zero-order valence-electron chi connectivity index (χ0n) is 29.9. The van der Waals surface area contributed by atoms with Crippen LogP contribution in [0.2, 0.25) is 10.0 Å². The van der Waals surface area contributed by atoms with Gasteiger partial charge in [-0.05, 0) is 61.1 Å². The molecule has 8 rings (SSSR count). The summed E-state index contributed by atoms with van der Waals surface area (Å²) >= 11 is 14.0. The molecule has 4 aliphatic rings. The van der Waals surface area contributed by atoms with Crippen molar-refractivity contribution in [3.05, 3.63) is 86.9 Å². The van der Waals surface area contributed by atoms with Crippen LogP contribution in [-0.4, -0.2) is 77.0 Å². The zero-order valence-corrected chi connectivity index (χ0v) is 31.4. The molecule has 1 N–H and O–H groups in total. The van der Waals surface area contributed by atoms with Gasteiger partial charge in [0, 0.05) is 73.2 Å². The first-order valence-electron chi connectivity index (χ1n) is 18.2. The van der Waals surface area contributed by atoms with Crippen LogP contribution in [0, 0.1) is 11.3 Å². The number of halogens is 2. The van der Waals surface area contributed by atoms with Crippen molar-refractivity contribution in [2.45, 2.75) is 57.7 Å². The molecule has 0 unspecified atom stereocenters. The average molecular weight is 758 g/mol. The molecule has 10 nitrogen and oxygen atoms in total. The van der Waals surface area contributed by atoms with Crippen LogP contribution in [0.15, 0.2) is 54.6 Å².